The predicted octanol–water partition coefficient (Wildman–Crippen LogP) is 3.80. The van der Waals surface area contributed by atoms with Gasteiger partial charge in [0.1, 0.15) is 0 Å². The number of halogens is 1. The molecular weight excluding hydrogens is 288 g/mol. The molecule has 0 fully saturated rings. The third kappa shape index (κ3) is 2.71. The summed E-state index contributed by atoms with van der Waals surface area (Å²) < 4.78 is 1.07. The number of hydrogen-bond acceptors (Lipinski definition) is 2. The second-order valence-electron chi connectivity index (χ2n) is 3.41. The van der Waals surface area contributed by atoms with Crippen LogP contribution in [0.4, 0.5) is 0 Å². The molecule has 1 aromatic carbocycles. The van der Waals surface area contributed by atoms with Crippen LogP contribution < -0.4 is 0 Å². The van der Waals surface area contributed by atoms with E-state index in [1.54, 1.807) is 29.5 Å². The van der Waals surface area contributed by atoms with Crippen molar-refractivity contribution in [1.29, 1.82) is 0 Å². The number of thiophene rings is 1. The van der Waals surface area contributed by atoms with E-state index in [9.17, 15) is 4.79 Å². The van der Waals surface area contributed by atoms with Gasteiger partial charge in [0.25, 0.3) is 0 Å². The van der Waals surface area contributed by atoms with Crippen molar-refractivity contribution in [3.8, 4) is 0 Å². The lowest BCUT2D eigenvalue weighted by Gasteiger charge is -2.00. The standard InChI is InChI=1S/C12H9BrO2S/c13-10-6-11(16-7-10)5-8-2-1-3-9(4-8)12(14)15/h1-4,6-7H,5H2,(H,14,15). The fourth-order valence-corrected chi connectivity index (χ4v) is 2.95. The molecule has 16 heavy (non-hydrogen) atoms. The Balaban J connectivity index is 2.21. The molecule has 0 bridgehead atoms. The zero-order chi connectivity index (χ0) is 11.5. The van der Waals surface area contributed by atoms with E-state index in [2.05, 4.69) is 22.0 Å². The molecule has 1 aromatic heterocycles. The third-order valence-electron chi connectivity index (χ3n) is 2.17. The maximum atomic E-state index is 10.8. The Kier molecular flexibility index (Phi) is 3.41. The summed E-state index contributed by atoms with van der Waals surface area (Å²) in [5.41, 5.74) is 1.36. The molecule has 2 rings (SSSR count). The van der Waals surface area contributed by atoms with Crippen molar-refractivity contribution in [1.82, 2.24) is 0 Å². The molecular formula is C12H9BrO2S. The largest absolute Gasteiger partial charge is 0.478 e. The molecule has 2 nitrogen and oxygen atoms in total. The number of carboxylic acid groups (broad SMARTS) is 1. The van der Waals surface area contributed by atoms with Gasteiger partial charge in [-0.1, -0.05) is 12.1 Å². The molecule has 82 valence electrons. The normalized spacial score (nSPS) is 10.3. The Morgan fingerprint density at radius 1 is 1.38 bits per heavy atom. The highest BCUT2D eigenvalue weighted by Crippen LogP contribution is 2.22. The smallest absolute Gasteiger partial charge is 0.335 e. The predicted molar refractivity (Wildman–Crippen MR) is 68.2 cm³/mol. The minimum Gasteiger partial charge on any atom is -0.478 e. The Morgan fingerprint density at radius 3 is 2.81 bits per heavy atom. The molecule has 2 aromatic rings. The molecule has 0 saturated heterocycles. The van der Waals surface area contributed by atoms with E-state index in [1.165, 1.54) is 4.88 Å². The van der Waals surface area contributed by atoms with Gasteiger partial charge in [-0.15, -0.1) is 11.3 Å². The lowest BCUT2D eigenvalue weighted by Crippen LogP contribution is -1.97. The van der Waals surface area contributed by atoms with Gasteiger partial charge in [0.05, 0.1) is 5.56 Å². The first kappa shape index (κ1) is 11.4. The lowest BCUT2D eigenvalue weighted by atomic mass is 10.1. The topological polar surface area (TPSA) is 37.3 Å². The fourth-order valence-electron chi connectivity index (χ4n) is 1.46. The number of rotatable bonds is 3. The monoisotopic (exact) mass is 296 g/mol. The van der Waals surface area contributed by atoms with Crippen LogP contribution in [-0.2, 0) is 6.42 Å². The maximum absolute atomic E-state index is 10.8. The molecule has 0 atom stereocenters. The van der Waals surface area contributed by atoms with Crippen molar-refractivity contribution in [2.75, 3.05) is 0 Å². The molecule has 0 amide bonds. The summed E-state index contributed by atoms with van der Waals surface area (Å²) in [6.07, 6.45) is 0.775. The summed E-state index contributed by atoms with van der Waals surface area (Å²) in [6, 6.07) is 9.10. The molecule has 0 aliphatic carbocycles. The second-order valence-corrected chi connectivity index (χ2v) is 5.33. The highest BCUT2D eigenvalue weighted by molar-refractivity contribution is 9.10. The number of carbonyl (C=O) groups is 1. The van der Waals surface area contributed by atoms with Gasteiger partial charge in [0, 0.05) is 21.2 Å². The Hall–Kier alpha value is -1.13. The molecule has 0 saturated carbocycles. The number of hydrogen-bond donors (Lipinski definition) is 1. The molecule has 1 N–H and O–H groups in total. The van der Waals surface area contributed by atoms with E-state index in [1.807, 2.05) is 11.4 Å². The van der Waals surface area contributed by atoms with Gasteiger partial charge < -0.3 is 5.11 Å². The van der Waals surface area contributed by atoms with E-state index >= 15 is 0 Å². The van der Waals surface area contributed by atoms with E-state index < -0.39 is 5.97 Å². The summed E-state index contributed by atoms with van der Waals surface area (Å²) in [7, 11) is 0. The average Bonchev–Trinajstić information content (AvgIpc) is 2.64. The molecule has 0 spiro atoms. The highest BCUT2D eigenvalue weighted by atomic mass is 79.9. The summed E-state index contributed by atoms with van der Waals surface area (Å²) in [4.78, 5) is 12.0. The molecule has 4 heteroatoms. The maximum Gasteiger partial charge on any atom is 0.335 e. The van der Waals surface area contributed by atoms with Crippen LogP contribution in [0.2, 0.25) is 0 Å². The lowest BCUT2D eigenvalue weighted by molar-refractivity contribution is 0.0697. The first-order valence-electron chi connectivity index (χ1n) is 4.70. The SMILES string of the molecule is O=C(O)c1cccc(Cc2cc(Br)cs2)c1. The Bertz CT molecular complexity index is 519. The molecule has 0 aliphatic heterocycles. The van der Waals surface area contributed by atoms with Gasteiger partial charge >= 0.3 is 5.97 Å². The van der Waals surface area contributed by atoms with Gasteiger partial charge in [-0.25, -0.2) is 4.79 Å². The van der Waals surface area contributed by atoms with Crippen LogP contribution >= 0.6 is 27.3 Å². The van der Waals surface area contributed by atoms with Gasteiger partial charge in [-0.2, -0.15) is 0 Å². The van der Waals surface area contributed by atoms with Crippen LogP contribution in [-0.4, -0.2) is 11.1 Å². The van der Waals surface area contributed by atoms with Gasteiger partial charge in [0.2, 0.25) is 0 Å². The number of carboxylic acids is 1. The van der Waals surface area contributed by atoms with Crippen LogP contribution in [0.1, 0.15) is 20.8 Å². The number of aromatic carboxylic acids is 1. The number of benzene rings is 1. The van der Waals surface area contributed by atoms with Crippen molar-refractivity contribution in [3.63, 3.8) is 0 Å². The van der Waals surface area contributed by atoms with Gasteiger partial charge in [-0.3, -0.25) is 0 Å². The second kappa shape index (κ2) is 4.80. The van der Waals surface area contributed by atoms with Crippen LogP contribution in [0.25, 0.3) is 0 Å². The molecule has 1 heterocycles. The first-order valence-corrected chi connectivity index (χ1v) is 6.37. The van der Waals surface area contributed by atoms with Crippen molar-refractivity contribution >= 4 is 33.2 Å². The van der Waals surface area contributed by atoms with Crippen molar-refractivity contribution in [2.45, 2.75) is 6.42 Å². The zero-order valence-corrected chi connectivity index (χ0v) is 10.7. The minimum atomic E-state index is -0.880. The van der Waals surface area contributed by atoms with E-state index in [-0.39, 0.29) is 0 Å². The molecule has 0 unspecified atom stereocenters. The van der Waals surface area contributed by atoms with Crippen molar-refractivity contribution < 1.29 is 9.90 Å². The summed E-state index contributed by atoms with van der Waals surface area (Å²) in [5.74, 6) is -0.880. The third-order valence-corrected chi connectivity index (χ3v) is 3.87. The van der Waals surface area contributed by atoms with E-state index in [0.717, 1.165) is 16.5 Å². The van der Waals surface area contributed by atoms with Crippen LogP contribution in [0.3, 0.4) is 0 Å². The highest BCUT2D eigenvalue weighted by Gasteiger charge is 2.04. The summed E-state index contributed by atoms with van der Waals surface area (Å²) >= 11 is 5.06. The zero-order valence-electron chi connectivity index (χ0n) is 8.31. The van der Waals surface area contributed by atoms with Crippen LogP contribution in [0.15, 0.2) is 40.2 Å². The Morgan fingerprint density at radius 2 is 2.19 bits per heavy atom. The van der Waals surface area contributed by atoms with Crippen LogP contribution in [0, 0.1) is 0 Å². The van der Waals surface area contributed by atoms with Crippen LogP contribution in [0.5, 0.6) is 0 Å². The van der Waals surface area contributed by atoms with Crippen molar-refractivity contribution in [3.05, 3.63) is 56.2 Å². The Labute approximate surface area is 106 Å². The first-order chi connectivity index (χ1) is 7.65. The fraction of sp³-hybridized carbons (Fsp3) is 0.0833. The molecule has 0 radical (unpaired) electrons. The summed E-state index contributed by atoms with van der Waals surface area (Å²) in [6.45, 7) is 0. The molecule has 0 aliphatic rings. The average molecular weight is 297 g/mol. The van der Waals surface area contributed by atoms with Crippen molar-refractivity contribution in [2.24, 2.45) is 0 Å². The van der Waals surface area contributed by atoms with E-state index in [4.69, 9.17) is 5.11 Å². The van der Waals surface area contributed by atoms with Gasteiger partial charge in [-0.05, 0) is 39.7 Å². The van der Waals surface area contributed by atoms with Gasteiger partial charge in [0.15, 0.2) is 0 Å². The quantitative estimate of drug-likeness (QED) is 0.935. The summed E-state index contributed by atoms with van der Waals surface area (Å²) in [5, 5.41) is 10.9. The van der Waals surface area contributed by atoms with E-state index in [0.29, 0.717) is 5.56 Å². The minimum absolute atomic E-state index is 0.341.